The van der Waals surface area contributed by atoms with Crippen LogP contribution in [0, 0.1) is 6.08 Å². The predicted octanol–water partition coefficient (Wildman–Crippen LogP) is 0.183. The molecule has 1 aliphatic rings. The third kappa shape index (κ3) is 31.4. The van der Waals surface area contributed by atoms with Crippen molar-refractivity contribution in [3.63, 3.8) is 0 Å². The van der Waals surface area contributed by atoms with Crippen molar-refractivity contribution < 1.29 is 41.5 Å². The van der Waals surface area contributed by atoms with Gasteiger partial charge in [0.25, 0.3) is 0 Å². The van der Waals surface area contributed by atoms with Gasteiger partial charge in [0.05, 0.1) is 0 Å². The minimum absolute atomic E-state index is 0. The van der Waals surface area contributed by atoms with E-state index in [2.05, 4.69) is 26.0 Å². The Kier molecular flexibility index (Phi) is 38.4. The van der Waals surface area contributed by atoms with Crippen LogP contribution in [0.3, 0.4) is 0 Å². The molecule has 1 aliphatic carbocycles. The fourth-order valence-corrected chi connectivity index (χ4v) is 0.650. The molecular weight excluding hydrogens is 295 g/mol. The van der Waals surface area contributed by atoms with Crippen LogP contribution in [0.4, 0.5) is 0 Å². The van der Waals surface area contributed by atoms with Gasteiger partial charge in [-0.2, -0.15) is 6.08 Å². The van der Waals surface area contributed by atoms with Gasteiger partial charge in [-0.25, -0.2) is 11.1 Å². The van der Waals surface area contributed by atoms with Crippen molar-refractivity contribution in [1.29, 1.82) is 0 Å². The summed E-state index contributed by atoms with van der Waals surface area (Å²) in [6, 6.07) is 0. The van der Waals surface area contributed by atoms with Gasteiger partial charge in [0.1, 0.15) is 0 Å². The maximum absolute atomic E-state index is 8.93. The molecule has 0 aromatic carbocycles. The van der Waals surface area contributed by atoms with E-state index in [1.807, 2.05) is 0 Å². The van der Waals surface area contributed by atoms with Gasteiger partial charge in [-0.15, -0.1) is 33.2 Å². The third-order valence-electron chi connectivity index (χ3n) is 1.37. The Labute approximate surface area is 125 Å². The second-order valence-electron chi connectivity index (χ2n) is 2.76. The molecule has 3 nitrogen and oxygen atoms in total. The second-order valence-corrected chi connectivity index (χ2v) is 2.76. The first-order chi connectivity index (χ1) is 7.55. The summed E-state index contributed by atoms with van der Waals surface area (Å²) >= 11 is 0. The van der Waals surface area contributed by atoms with E-state index >= 15 is 0 Å². The number of allylic oxidation sites excluding steroid dienone is 4. The molecule has 0 N–H and O–H groups in total. The summed E-state index contributed by atoms with van der Waals surface area (Å²) in [7, 11) is 0. The molecule has 0 bridgehead atoms. The molecular formula is C13H24O3Zr. The van der Waals surface area contributed by atoms with Gasteiger partial charge < -0.3 is 15.3 Å². The average Bonchev–Trinajstić information content (AvgIpc) is 2.55. The van der Waals surface area contributed by atoms with Crippen molar-refractivity contribution in [1.82, 2.24) is 0 Å². The molecule has 0 heterocycles. The van der Waals surface area contributed by atoms with Gasteiger partial charge >= 0.3 is 26.2 Å². The first-order valence-electron chi connectivity index (χ1n) is 5.54. The second kappa shape index (κ2) is 25.2. The van der Waals surface area contributed by atoms with E-state index in [9.17, 15) is 0 Å². The molecule has 0 atom stereocenters. The maximum Gasteiger partial charge on any atom is 4.00 e. The summed E-state index contributed by atoms with van der Waals surface area (Å²) < 4.78 is 0. The van der Waals surface area contributed by atoms with Crippen molar-refractivity contribution in [2.75, 3.05) is 19.8 Å². The van der Waals surface area contributed by atoms with Crippen molar-refractivity contribution >= 4 is 0 Å². The molecule has 4 heteroatoms. The molecule has 0 fully saturated rings. The molecule has 1 rings (SSSR count). The summed E-state index contributed by atoms with van der Waals surface area (Å²) in [6.45, 7) is 8.92. The molecule has 17 heavy (non-hydrogen) atoms. The average molecular weight is 320 g/mol. The van der Waals surface area contributed by atoms with Gasteiger partial charge in [0.15, 0.2) is 0 Å². The van der Waals surface area contributed by atoms with Crippen molar-refractivity contribution in [3.8, 4) is 0 Å². The molecule has 0 unspecified atom stereocenters. The molecule has 0 saturated heterocycles. The van der Waals surface area contributed by atoms with E-state index in [0.717, 1.165) is 6.42 Å². The van der Waals surface area contributed by atoms with Crippen molar-refractivity contribution in [3.05, 3.63) is 23.3 Å². The van der Waals surface area contributed by atoms with Crippen LogP contribution < -0.4 is 15.3 Å². The van der Waals surface area contributed by atoms with Crippen LogP contribution >= 0.6 is 0 Å². The van der Waals surface area contributed by atoms with Crippen molar-refractivity contribution in [2.24, 2.45) is 0 Å². The summed E-state index contributed by atoms with van der Waals surface area (Å²) in [4.78, 5) is 0. The first kappa shape index (κ1) is 25.9. The minimum Gasteiger partial charge on any atom is -0.855 e. The van der Waals surface area contributed by atoms with Crippen molar-refractivity contribution in [2.45, 2.75) is 41.0 Å². The maximum atomic E-state index is 8.93. The quantitative estimate of drug-likeness (QED) is 0.598. The molecule has 0 saturated carbocycles. The summed E-state index contributed by atoms with van der Waals surface area (Å²) in [5.41, 5.74) is 2.71. The Morgan fingerprint density at radius 1 is 1.00 bits per heavy atom. The predicted molar refractivity (Wildman–Crippen MR) is 62.4 cm³/mol. The molecule has 98 valence electrons. The molecule has 0 aromatic rings. The van der Waals surface area contributed by atoms with Gasteiger partial charge in [0, 0.05) is 0 Å². The van der Waals surface area contributed by atoms with Gasteiger partial charge in [0.2, 0.25) is 0 Å². The van der Waals surface area contributed by atoms with Crippen LogP contribution in [-0.2, 0) is 26.2 Å². The summed E-state index contributed by atoms with van der Waals surface area (Å²) in [5.74, 6) is 0. The van der Waals surface area contributed by atoms with E-state index < -0.39 is 0 Å². The van der Waals surface area contributed by atoms with Crippen LogP contribution in [0.15, 0.2) is 17.2 Å². The Morgan fingerprint density at radius 3 is 1.35 bits per heavy atom. The van der Waals surface area contributed by atoms with E-state index in [1.54, 1.807) is 20.8 Å². The standard InChI is InChI=1S/C7H9.3C2H5O.Zr/c1-6-4-3-5-7(6)2;3*1-2-3;/h4H,3H2,1-2H3;3*2H2,1H3;/q4*-1;+4. The van der Waals surface area contributed by atoms with Gasteiger partial charge in [-0.1, -0.05) is 27.7 Å². The largest absolute Gasteiger partial charge is 4.00 e. The monoisotopic (exact) mass is 318 g/mol. The molecule has 0 aromatic heterocycles. The normalized spacial score (nSPS) is 11.1. The van der Waals surface area contributed by atoms with E-state index in [1.165, 1.54) is 11.1 Å². The van der Waals surface area contributed by atoms with E-state index in [0.29, 0.717) is 0 Å². The number of hydrogen-bond donors (Lipinski definition) is 0. The Morgan fingerprint density at radius 2 is 1.29 bits per heavy atom. The van der Waals surface area contributed by atoms with E-state index in [4.69, 9.17) is 15.3 Å². The molecule has 0 aliphatic heterocycles. The van der Waals surface area contributed by atoms with Gasteiger partial charge in [-0.05, 0) is 0 Å². The minimum atomic E-state index is 0. The molecule has 0 amide bonds. The topological polar surface area (TPSA) is 69.2 Å². The SMILES string of the molecule is CC1=[C-]CC=C1C.CC[O-].CC[O-].CC[O-].[Zr+4]. The molecule has 0 radical (unpaired) electrons. The fraction of sp³-hybridized carbons (Fsp3) is 0.692. The summed E-state index contributed by atoms with van der Waals surface area (Å²) in [5, 5.41) is 26.8. The van der Waals surface area contributed by atoms with Crippen LogP contribution in [0.2, 0.25) is 0 Å². The van der Waals surface area contributed by atoms with Gasteiger partial charge in [-0.3, -0.25) is 6.08 Å². The number of hydrogen-bond acceptors (Lipinski definition) is 3. The Balaban J connectivity index is -0.0000000734. The number of rotatable bonds is 0. The zero-order valence-electron chi connectivity index (χ0n) is 11.6. The van der Waals surface area contributed by atoms with E-state index in [-0.39, 0.29) is 46.0 Å². The van der Waals surface area contributed by atoms with Crippen LogP contribution in [-0.4, -0.2) is 19.8 Å². The third-order valence-corrected chi connectivity index (χ3v) is 1.37. The first-order valence-corrected chi connectivity index (χ1v) is 5.54. The zero-order valence-corrected chi connectivity index (χ0v) is 14.1. The zero-order chi connectivity index (χ0) is 13.4. The fourth-order valence-electron chi connectivity index (χ4n) is 0.650. The van der Waals surface area contributed by atoms with Crippen LogP contribution in [0.5, 0.6) is 0 Å². The smallest absolute Gasteiger partial charge is 0.855 e. The Hall–Kier alpha value is 0.243. The molecule has 0 spiro atoms. The van der Waals surface area contributed by atoms with Crippen LogP contribution in [0.25, 0.3) is 0 Å². The summed E-state index contributed by atoms with van der Waals surface area (Å²) in [6.07, 6.45) is 6.41. The Bertz CT molecular complexity index is 157. The van der Waals surface area contributed by atoms with Crippen LogP contribution in [0.1, 0.15) is 41.0 Å².